The molecule has 2 atom stereocenters. The van der Waals surface area contributed by atoms with E-state index in [1.54, 1.807) is 0 Å². The monoisotopic (exact) mass is 194 g/mol. The van der Waals surface area contributed by atoms with Gasteiger partial charge in [-0.15, -0.1) is 0 Å². The van der Waals surface area contributed by atoms with Gasteiger partial charge in [-0.1, -0.05) is 36.8 Å². The van der Waals surface area contributed by atoms with E-state index in [1.807, 2.05) is 6.07 Å². The van der Waals surface area contributed by atoms with Gasteiger partial charge in [0.05, 0.1) is 12.7 Å². The van der Waals surface area contributed by atoms with Crippen molar-refractivity contribution >= 4 is 0 Å². The lowest BCUT2D eigenvalue weighted by molar-refractivity contribution is 0.0835. The van der Waals surface area contributed by atoms with Crippen LogP contribution in [0.25, 0.3) is 0 Å². The van der Waals surface area contributed by atoms with E-state index < -0.39 is 6.10 Å². The lowest BCUT2D eigenvalue weighted by Crippen LogP contribution is -2.15. The fourth-order valence-corrected chi connectivity index (χ4v) is 1.60. The van der Waals surface area contributed by atoms with Gasteiger partial charge in [0.15, 0.2) is 0 Å². The average Bonchev–Trinajstić information content (AvgIpc) is 2.17. The van der Waals surface area contributed by atoms with E-state index in [0.717, 1.165) is 0 Å². The highest BCUT2D eigenvalue weighted by molar-refractivity contribution is 5.25. The molecule has 2 N–H and O–H groups in total. The minimum atomic E-state index is -0.606. The molecule has 2 nitrogen and oxygen atoms in total. The van der Waals surface area contributed by atoms with Crippen LogP contribution < -0.4 is 0 Å². The minimum absolute atomic E-state index is 0.157. The molecule has 1 rings (SSSR count). The second kappa shape index (κ2) is 5.13. The lowest BCUT2D eigenvalue weighted by Gasteiger charge is -2.15. The molecule has 0 radical (unpaired) electrons. The van der Waals surface area contributed by atoms with Crippen LogP contribution in [0.3, 0.4) is 0 Å². The van der Waals surface area contributed by atoms with Gasteiger partial charge in [0.2, 0.25) is 0 Å². The molecule has 0 saturated heterocycles. The highest BCUT2D eigenvalue weighted by Gasteiger charge is 2.10. The smallest absolute Gasteiger partial charge is 0.0776 e. The van der Waals surface area contributed by atoms with E-state index in [-0.39, 0.29) is 12.5 Å². The summed E-state index contributed by atoms with van der Waals surface area (Å²) in [5, 5.41) is 18.0. The van der Waals surface area contributed by atoms with Crippen LogP contribution >= 0.6 is 0 Å². The Kier molecular flexibility index (Phi) is 4.11. The minimum Gasteiger partial charge on any atom is -0.394 e. The summed E-state index contributed by atoms with van der Waals surface area (Å²) in [6.45, 7) is 3.96. The first kappa shape index (κ1) is 11.2. The van der Waals surface area contributed by atoms with Crippen molar-refractivity contribution in [3.8, 4) is 0 Å². The molecule has 0 fully saturated rings. The Hall–Kier alpha value is -0.860. The fraction of sp³-hybridized carbons (Fsp3) is 0.500. The maximum absolute atomic E-state index is 9.31. The van der Waals surface area contributed by atoms with E-state index in [2.05, 4.69) is 32.0 Å². The summed E-state index contributed by atoms with van der Waals surface area (Å²) in [4.78, 5) is 0. The third kappa shape index (κ3) is 3.13. The van der Waals surface area contributed by atoms with E-state index in [9.17, 15) is 5.11 Å². The van der Waals surface area contributed by atoms with Crippen molar-refractivity contribution in [2.75, 3.05) is 6.61 Å². The third-order valence-electron chi connectivity index (χ3n) is 2.45. The predicted molar refractivity (Wildman–Crippen MR) is 57.3 cm³/mol. The second-order valence-electron chi connectivity index (χ2n) is 3.89. The Bertz CT molecular complexity index is 283. The molecule has 0 aromatic heterocycles. The summed E-state index contributed by atoms with van der Waals surface area (Å²) in [7, 11) is 0. The van der Waals surface area contributed by atoms with Crippen LogP contribution in [0.15, 0.2) is 24.3 Å². The number of aliphatic hydroxyl groups excluding tert-OH is 2. The molecule has 0 bridgehead atoms. The normalized spacial score (nSPS) is 15.1. The van der Waals surface area contributed by atoms with Crippen molar-refractivity contribution in [2.24, 2.45) is 0 Å². The highest BCUT2D eigenvalue weighted by Crippen LogP contribution is 2.21. The van der Waals surface area contributed by atoms with Crippen LogP contribution in [0.4, 0.5) is 0 Å². The van der Waals surface area contributed by atoms with Crippen LogP contribution in [0.1, 0.15) is 30.4 Å². The van der Waals surface area contributed by atoms with Gasteiger partial charge < -0.3 is 10.2 Å². The van der Waals surface area contributed by atoms with Crippen LogP contribution in [-0.4, -0.2) is 22.9 Å². The van der Waals surface area contributed by atoms with E-state index in [0.29, 0.717) is 6.42 Å². The zero-order valence-corrected chi connectivity index (χ0v) is 8.77. The molecule has 14 heavy (non-hydrogen) atoms. The Morgan fingerprint density at radius 1 is 1.36 bits per heavy atom. The number of benzene rings is 1. The standard InChI is InChI=1S/C12H18O2/c1-9-4-3-5-11(6-9)10(2)7-12(14)8-13/h3-6,10,12-14H,7-8H2,1-2H3. The molecule has 1 aromatic carbocycles. The Morgan fingerprint density at radius 3 is 2.64 bits per heavy atom. The number of hydrogen-bond acceptors (Lipinski definition) is 2. The first-order chi connectivity index (χ1) is 6.63. The molecule has 0 spiro atoms. The average molecular weight is 194 g/mol. The summed E-state index contributed by atoms with van der Waals surface area (Å²) in [6.07, 6.45) is 0.00506. The molecule has 1 aromatic rings. The van der Waals surface area contributed by atoms with Gasteiger partial charge >= 0.3 is 0 Å². The molecule has 0 saturated carbocycles. The zero-order valence-electron chi connectivity index (χ0n) is 8.77. The third-order valence-corrected chi connectivity index (χ3v) is 2.45. The van der Waals surface area contributed by atoms with E-state index in [4.69, 9.17) is 5.11 Å². The summed E-state index contributed by atoms with van der Waals surface area (Å²) < 4.78 is 0. The molecule has 0 aliphatic carbocycles. The topological polar surface area (TPSA) is 40.5 Å². The Balaban J connectivity index is 2.64. The number of aliphatic hydroxyl groups is 2. The highest BCUT2D eigenvalue weighted by atomic mass is 16.3. The maximum atomic E-state index is 9.31. The summed E-state index contributed by atoms with van der Waals surface area (Å²) in [5.74, 6) is 0.289. The van der Waals surface area contributed by atoms with E-state index >= 15 is 0 Å². The molecule has 0 aliphatic heterocycles. The van der Waals surface area contributed by atoms with Crippen molar-refractivity contribution < 1.29 is 10.2 Å². The van der Waals surface area contributed by atoms with Gasteiger partial charge in [-0.3, -0.25) is 0 Å². The maximum Gasteiger partial charge on any atom is 0.0776 e. The molecule has 0 aliphatic rings. The van der Waals surface area contributed by atoms with Crippen molar-refractivity contribution in [3.05, 3.63) is 35.4 Å². The van der Waals surface area contributed by atoms with E-state index in [1.165, 1.54) is 11.1 Å². The molecule has 2 heteroatoms. The van der Waals surface area contributed by atoms with Gasteiger partial charge in [-0.05, 0) is 24.8 Å². The predicted octanol–water partition coefficient (Wildman–Crippen LogP) is 1.84. The number of hydrogen-bond donors (Lipinski definition) is 2. The van der Waals surface area contributed by atoms with Crippen molar-refractivity contribution in [3.63, 3.8) is 0 Å². The van der Waals surface area contributed by atoms with Gasteiger partial charge in [0.25, 0.3) is 0 Å². The first-order valence-electron chi connectivity index (χ1n) is 4.99. The van der Waals surface area contributed by atoms with Crippen LogP contribution in [-0.2, 0) is 0 Å². The molecule has 2 unspecified atom stereocenters. The lowest BCUT2D eigenvalue weighted by atomic mass is 9.94. The summed E-state index contributed by atoms with van der Waals surface area (Å²) >= 11 is 0. The molecular formula is C12H18O2. The van der Waals surface area contributed by atoms with Crippen LogP contribution in [0.2, 0.25) is 0 Å². The molecule has 78 valence electrons. The van der Waals surface area contributed by atoms with Gasteiger partial charge in [0, 0.05) is 0 Å². The Morgan fingerprint density at radius 2 is 2.07 bits per heavy atom. The summed E-state index contributed by atoms with van der Waals surface area (Å²) in [5.41, 5.74) is 2.45. The Labute approximate surface area is 85.2 Å². The van der Waals surface area contributed by atoms with Crippen molar-refractivity contribution in [2.45, 2.75) is 32.3 Å². The van der Waals surface area contributed by atoms with Crippen molar-refractivity contribution in [1.29, 1.82) is 0 Å². The fourth-order valence-electron chi connectivity index (χ4n) is 1.60. The largest absolute Gasteiger partial charge is 0.394 e. The van der Waals surface area contributed by atoms with Gasteiger partial charge in [-0.25, -0.2) is 0 Å². The van der Waals surface area contributed by atoms with Crippen LogP contribution in [0.5, 0.6) is 0 Å². The SMILES string of the molecule is Cc1cccc(C(C)CC(O)CO)c1. The second-order valence-corrected chi connectivity index (χ2v) is 3.89. The molecule has 0 heterocycles. The molecule has 0 amide bonds. The van der Waals surface area contributed by atoms with Gasteiger partial charge in [-0.2, -0.15) is 0 Å². The first-order valence-corrected chi connectivity index (χ1v) is 4.99. The zero-order chi connectivity index (χ0) is 10.6. The molecular weight excluding hydrogens is 176 g/mol. The quantitative estimate of drug-likeness (QED) is 0.767. The number of aryl methyl sites for hydroxylation is 1. The van der Waals surface area contributed by atoms with Crippen molar-refractivity contribution in [1.82, 2.24) is 0 Å². The van der Waals surface area contributed by atoms with Gasteiger partial charge in [0.1, 0.15) is 0 Å². The van der Waals surface area contributed by atoms with Crippen LogP contribution in [0, 0.1) is 6.92 Å². The summed E-state index contributed by atoms with van der Waals surface area (Å²) in [6, 6.07) is 8.25. The number of rotatable bonds is 4.